The molecule has 0 amide bonds. The van der Waals surface area contributed by atoms with Crippen LogP contribution in [0.25, 0.3) is 0 Å². The molecule has 0 spiro atoms. The van der Waals surface area contributed by atoms with Gasteiger partial charge in [-0.1, -0.05) is 22.9 Å². The number of rotatable bonds is 2. The van der Waals surface area contributed by atoms with Crippen molar-refractivity contribution in [3.63, 3.8) is 0 Å². The monoisotopic (exact) mass is 310 g/mol. The SMILES string of the molecule is CC(N)c1cc(Br)ccc1N1CCCC(C)C1C. The Labute approximate surface area is 119 Å². The highest BCUT2D eigenvalue weighted by molar-refractivity contribution is 9.10. The summed E-state index contributed by atoms with van der Waals surface area (Å²) in [7, 11) is 0. The molecule has 0 radical (unpaired) electrons. The second-order valence-corrected chi connectivity index (χ2v) is 6.46. The maximum atomic E-state index is 6.12. The summed E-state index contributed by atoms with van der Waals surface area (Å²) < 4.78 is 1.11. The summed E-state index contributed by atoms with van der Waals surface area (Å²) in [4.78, 5) is 2.53. The molecule has 0 bridgehead atoms. The number of anilines is 1. The van der Waals surface area contributed by atoms with Crippen molar-refractivity contribution in [2.75, 3.05) is 11.4 Å². The van der Waals surface area contributed by atoms with Crippen LogP contribution in [0, 0.1) is 5.92 Å². The molecule has 3 unspecified atom stereocenters. The second-order valence-electron chi connectivity index (χ2n) is 5.55. The van der Waals surface area contributed by atoms with Crippen molar-refractivity contribution in [3.8, 4) is 0 Å². The summed E-state index contributed by atoms with van der Waals surface area (Å²) in [5.41, 5.74) is 8.68. The van der Waals surface area contributed by atoms with Crippen molar-refractivity contribution in [2.24, 2.45) is 11.7 Å². The standard InChI is InChI=1S/C15H23BrN2/c1-10-5-4-8-18(12(10)3)15-7-6-13(16)9-14(15)11(2)17/h6-7,9-12H,4-5,8,17H2,1-3H3. The Hall–Kier alpha value is -0.540. The van der Waals surface area contributed by atoms with Crippen LogP contribution in [0.1, 0.15) is 45.2 Å². The molecule has 1 fully saturated rings. The van der Waals surface area contributed by atoms with Crippen LogP contribution in [0.5, 0.6) is 0 Å². The first kappa shape index (κ1) is 13.9. The molecule has 1 aromatic rings. The van der Waals surface area contributed by atoms with E-state index in [1.54, 1.807) is 0 Å². The van der Waals surface area contributed by atoms with E-state index in [9.17, 15) is 0 Å². The Morgan fingerprint density at radius 2 is 2.11 bits per heavy atom. The average Bonchev–Trinajstić information content (AvgIpc) is 2.33. The van der Waals surface area contributed by atoms with Gasteiger partial charge < -0.3 is 10.6 Å². The molecule has 0 aromatic heterocycles. The van der Waals surface area contributed by atoms with Gasteiger partial charge in [-0.05, 0) is 56.4 Å². The van der Waals surface area contributed by atoms with Crippen LogP contribution < -0.4 is 10.6 Å². The molecule has 1 heterocycles. The largest absolute Gasteiger partial charge is 0.368 e. The number of hydrogen-bond donors (Lipinski definition) is 1. The Balaban J connectivity index is 2.37. The van der Waals surface area contributed by atoms with Gasteiger partial charge in [0.25, 0.3) is 0 Å². The van der Waals surface area contributed by atoms with E-state index in [4.69, 9.17) is 5.73 Å². The lowest BCUT2D eigenvalue weighted by atomic mass is 9.90. The molecule has 3 heteroatoms. The molecule has 1 aliphatic rings. The van der Waals surface area contributed by atoms with Crippen LogP contribution >= 0.6 is 15.9 Å². The van der Waals surface area contributed by atoms with E-state index < -0.39 is 0 Å². The zero-order valence-corrected chi connectivity index (χ0v) is 13.1. The van der Waals surface area contributed by atoms with Gasteiger partial charge >= 0.3 is 0 Å². The molecule has 1 aliphatic heterocycles. The third-order valence-electron chi connectivity index (χ3n) is 4.16. The van der Waals surface area contributed by atoms with Gasteiger partial charge in [-0.15, -0.1) is 0 Å². The molecule has 2 rings (SSSR count). The lowest BCUT2D eigenvalue weighted by Crippen LogP contribution is -2.43. The minimum absolute atomic E-state index is 0.0712. The van der Waals surface area contributed by atoms with Gasteiger partial charge in [0.2, 0.25) is 0 Å². The number of piperidine rings is 1. The van der Waals surface area contributed by atoms with E-state index in [2.05, 4.69) is 59.8 Å². The fraction of sp³-hybridized carbons (Fsp3) is 0.600. The zero-order chi connectivity index (χ0) is 13.3. The molecule has 3 atom stereocenters. The number of nitrogens with zero attached hydrogens (tertiary/aromatic N) is 1. The maximum Gasteiger partial charge on any atom is 0.0417 e. The second kappa shape index (κ2) is 5.62. The van der Waals surface area contributed by atoms with Crippen molar-refractivity contribution in [3.05, 3.63) is 28.2 Å². The summed E-state index contributed by atoms with van der Waals surface area (Å²) in [5.74, 6) is 0.753. The van der Waals surface area contributed by atoms with E-state index in [1.165, 1.54) is 24.1 Å². The highest BCUT2D eigenvalue weighted by Crippen LogP contribution is 2.34. The highest BCUT2D eigenvalue weighted by Gasteiger charge is 2.26. The van der Waals surface area contributed by atoms with Crippen LogP contribution in [-0.2, 0) is 0 Å². The number of nitrogens with two attached hydrogens (primary N) is 1. The van der Waals surface area contributed by atoms with Crippen molar-refractivity contribution in [1.29, 1.82) is 0 Å². The molecular formula is C15H23BrN2. The van der Waals surface area contributed by atoms with Crippen LogP contribution in [0.3, 0.4) is 0 Å². The fourth-order valence-electron chi connectivity index (χ4n) is 2.83. The van der Waals surface area contributed by atoms with Crippen molar-refractivity contribution in [1.82, 2.24) is 0 Å². The van der Waals surface area contributed by atoms with Crippen molar-refractivity contribution >= 4 is 21.6 Å². The van der Waals surface area contributed by atoms with E-state index >= 15 is 0 Å². The highest BCUT2D eigenvalue weighted by atomic mass is 79.9. The minimum Gasteiger partial charge on any atom is -0.368 e. The third kappa shape index (κ3) is 2.72. The fourth-order valence-corrected chi connectivity index (χ4v) is 3.21. The minimum atomic E-state index is 0.0712. The lowest BCUT2D eigenvalue weighted by Gasteiger charge is -2.41. The molecular weight excluding hydrogens is 288 g/mol. The van der Waals surface area contributed by atoms with Crippen LogP contribution in [0.15, 0.2) is 22.7 Å². The molecule has 0 aliphatic carbocycles. The summed E-state index contributed by atoms with van der Waals surface area (Å²) in [6, 6.07) is 7.15. The van der Waals surface area contributed by atoms with Gasteiger partial charge in [0, 0.05) is 28.8 Å². The first-order chi connectivity index (χ1) is 8.50. The average molecular weight is 311 g/mol. The van der Waals surface area contributed by atoms with Gasteiger partial charge in [0.05, 0.1) is 0 Å². The molecule has 2 nitrogen and oxygen atoms in total. The first-order valence-electron chi connectivity index (χ1n) is 6.82. The quantitative estimate of drug-likeness (QED) is 0.891. The zero-order valence-electron chi connectivity index (χ0n) is 11.5. The van der Waals surface area contributed by atoms with Crippen molar-refractivity contribution < 1.29 is 0 Å². The maximum absolute atomic E-state index is 6.12. The van der Waals surface area contributed by atoms with Gasteiger partial charge in [-0.25, -0.2) is 0 Å². The van der Waals surface area contributed by atoms with Gasteiger partial charge in [-0.3, -0.25) is 0 Å². The van der Waals surface area contributed by atoms with Gasteiger partial charge in [0.1, 0.15) is 0 Å². The van der Waals surface area contributed by atoms with Gasteiger partial charge in [-0.2, -0.15) is 0 Å². The molecule has 2 N–H and O–H groups in total. The molecule has 18 heavy (non-hydrogen) atoms. The third-order valence-corrected chi connectivity index (χ3v) is 4.66. The van der Waals surface area contributed by atoms with E-state index in [-0.39, 0.29) is 6.04 Å². The predicted molar refractivity (Wildman–Crippen MR) is 82.0 cm³/mol. The normalized spacial score (nSPS) is 26.2. The molecule has 0 saturated carbocycles. The first-order valence-corrected chi connectivity index (χ1v) is 7.61. The van der Waals surface area contributed by atoms with Crippen LogP contribution in [0.2, 0.25) is 0 Å². The van der Waals surface area contributed by atoms with Crippen LogP contribution in [-0.4, -0.2) is 12.6 Å². The molecule has 100 valence electrons. The summed E-state index contributed by atoms with van der Waals surface area (Å²) in [5, 5.41) is 0. The van der Waals surface area contributed by atoms with E-state index in [0.717, 1.165) is 16.9 Å². The van der Waals surface area contributed by atoms with Gasteiger partial charge in [0.15, 0.2) is 0 Å². The van der Waals surface area contributed by atoms with Crippen LogP contribution in [0.4, 0.5) is 5.69 Å². The summed E-state index contributed by atoms with van der Waals surface area (Å²) >= 11 is 3.54. The van der Waals surface area contributed by atoms with E-state index in [1.807, 2.05) is 0 Å². The summed E-state index contributed by atoms with van der Waals surface area (Å²) in [6.07, 6.45) is 2.61. The Morgan fingerprint density at radius 3 is 2.78 bits per heavy atom. The number of benzene rings is 1. The predicted octanol–water partition coefficient (Wildman–Crippen LogP) is 4.09. The smallest absolute Gasteiger partial charge is 0.0417 e. The lowest BCUT2D eigenvalue weighted by molar-refractivity contribution is 0.363. The Bertz CT molecular complexity index is 417. The number of hydrogen-bond acceptors (Lipinski definition) is 2. The Kier molecular flexibility index (Phi) is 4.33. The molecule has 1 saturated heterocycles. The Morgan fingerprint density at radius 1 is 1.39 bits per heavy atom. The van der Waals surface area contributed by atoms with Crippen molar-refractivity contribution in [2.45, 2.75) is 45.7 Å². The van der Waals surface area contributed by atoms with E-state index in [0.29, 0.717) is 6.04 Å². The number of halogens is 1. The molecule has 1 aromatic carbocycles. The topological polar surface area (TPSA) is 29.3 Å². The summed E-state index contributed by atoms with van der Waals surface area (Å²) in [6.45, 7) is 7.88.